The van der Waals surface area contributed by atoms with Crippen LogP contribution in [0.25, 0.3) is 0 Å². The summed E-state index contributed by atoms with van der Waals surface area (Å²) in [7, 11) is -1.70. The maximum atomic E-state index is 12.2. The Labute approximate surface area is 146 Å². The number of rotatable bonds is 5. The molecule has 0 bridgehead atoms. The Kier molecular flexibility index (Phi) is 4.94. The Balaban J connectivity index is 1.73. The zero-order chi connectivity index (χ0) is 17.9. The number of carbonyl (C=O) groups is 1. The summed E-state index contributed by atoms with van der Waals surface area (Å²) < 4.78 is 34.6. The number of anilines is 1. The Bertz CT molecular complexity index is 834. The number of hydrogen-bond donors (Lipinski definition) is 1. The van der Waals surface area contributed by atoms with Crippen molar-refractivity contribution in [2.75, 3.05) is 23.9 Å². The van der Waals surface area contributed by atoms with Crippen LogP contribution in [-0.2, 0) is 14.6 Å². The Hall–Kier alpha value is -2.54. The van der Waals surface area contributed by atoms with E-state index in [1.165, 1.54) is 0 Å². The van der Waals surface area contributed by atoms with E-state index in [4.69, 9.17) is 9.47 Å². The van der Waals surface area contributed by atoms with Gasteiger partial charge in [-0.05, 0) is 36.4 Å². The lowest BCUT2D eigenvalue weighted by molar-refractivity contribution is 0.0336. The van der Waals surface area contributed by atoms with Crippen molar-refractivity contribution >= 4 is 21.5 Å². The number of benzene rings is 2. The molecule has 0 unspecified atom stereocenters. The molecule has 0 spiro atoms. The second-order valence-corrected chi connectivity index (χ2v) is 8.02. The molecule has 0 aromatic heterocycles. The van der Waals surface area contributed by atoms with Crippen molar-refractivity contribution in [2.24, 2.45) is 0 Å². The molecule has 132 valence electrons. The second kappa shape index (κ2) is 7.14. The lowest BCUT2D eigenvalue weighted by Crippen LogP contribution is -2.35. The van der Waals surface area contributed by atoms with Crippen LogP contribution >= 0.6 is 0 Å². The van der Waals surface area contributed by atoms with Crippen LogP contribution in [0.1, 0.15) is 10.4 Å². The maximum absolute atomic E-state index is 12.2. The van der Waals surface area contributed by atoms with E-state index in [9.17, 15) is 13.2 Å². The van der Waals surface area contributed by atoms with Crippen molar-refractivity contribution in [2.45, 2.75) is 12.1 Å². The summed E-state index contributed by atoms with van der Waals surface area (Å²) in [5.41, 5.74) is 1.14. The predicted octanol–water partition coefficient (Wildman–Crippen LogP) is 2.13. The molecule has 2 aromatic carbocycles. The monoisotopic (exact) mass is 361 g/mol. The highest BCUT2D eigenvalue weighted by Crippen LogP contribution is 2.23. The third-order valence-corrected chi connectivity index (χ3v) is 5.71. The van der Waals surface area contributed by atoms with Crippen molar-refractivity contribution in [3.8, 4) is 5.75 Å². The minimum atomic E-state index is -3.27. The van der Waals surface area contributed by atoms with E-state index in [-0.39, 0.29) is 11.5 Å². The summed E-state index contributed by atoms with van der Waals surface area (Å²) in [6.07, 6.45) is -0.736. The van der Waals surface area contributed by atoms with Crippen LogP contribution in [0.2, 0.25) is 0 Å². The van der Waals surface area contributed by atoms with E-state index in [2.05, 4.69) is 5.32 Å². The first-order valence-electron chi connectivity index (χ1n) is 7.84. The fraction of sp³-hybridized carbons (Fsp3) is 0.278. The highest BCUT2D eigenvalue weighted by molar-refractivity contribution is 7.91. The van der Waals surface area contributed by atoms with E-state index in [1.54, 1.807) is 61.7 Å². The number of esters is 1. The summed E-state index contributed by atoms with van der Waals surface area (Å²) in [5, 5.41) is 3.14. The molecule has 2 aromatic rings. The normalized spacial score (nSPS) is 21.5. The second-order valence-electron chi connectivity index (χ2n) is 5.87. The molecule has 0 aliphatic carbocycles. The van der Waals surface area contributed by atoms with E-state index in [0.29, 0.717) is 11.3 Å². The molecule has 0 amide bonds. The summed E-state index contributed by atoms with van der Waals surface area (Å²) in [6.45, 7) is 0. The molecule has 1 saturated heterocycles. The van der Waals surface area contributed by atoms with Gasteiger partial charge in [-0.25, -0.2) is 13.2 Å². The average molecular weight is 361 g/mol. The Morgan fingerprint density at radius 1 is 1.04 bits per heavy atom. The van der Waals surface area contributed by atoms with Gasteiger partial charge in [0.1, 0.15) is 11.9 Å². The first-order valence-corrected chi connectivity index (χ1v) is 9.66. The zero-order valence-corrected chi connectivity index (χ0v) is 14.5. The molecule has 1 aliphatic rings. The van der Waals surface area contributed by atoms with Gasteiger partial charge in [-0.1, -0.05) is 18.2 Å². The molecule has 3 rings (SSSR count). The molecule has 0 radical (unpaired) electrons. The number of hydrogen-bond acceptors (Lipinski definition) is 6. The van der Waals surface area contributed by atoms with Gasteiger partial charge in [0, 0.05) is 5.69 Å². The van der Waals surface area contributed by atoms with Crippen LogP contribution < -0.4 is 10.1 Å². The number of sulfone groups is 1. The summed E-state index contributed by atoms with van der Waals surface area (Å²) in [5.74, 6) is -0.0774. The molecule has 1 N–H and O–H groups in total. The molecule has 1 heterocycles. The maximum Gasteiger partial charge on any atom is 0.338 e. The first kappa shape index (κ1) is 17.3. The van der Waals surface area contributed by atoms with Gasteiger partial charge < -0.3 is 14.8 Å². The summed E-state index contributed by atoms with van der Waals surface area (Å²) in [4.78, 5) is 12.2. The molecule has 25 heavy (non-hydrogen) atoms. The Morgan fingerprint density at radius 3 is 2.36 bits per heavy atom. The lowest BCUT2D eigenvalue weighted by atomic mass is 10.2. The topological polar surface area (TPSA) is 81.7 Å². The van der Waals surface area contributed by atoms with Crippen LogP contribution in [0.3, 0.4) is 0 Å². The molecule has 0 saturated carbocycles. The van der Waals surface area contributed by atoms with Crippen molar-refractivity contribution in [1.82, 2.24) is 0 Å². The molecule has 2 atom stereocenters. The largest absolute Gasteiger partial charge is 0.497 e. The van der Waals surface area contributed by atoms with Gasteiger partial charge in [0.25, 0.3) is 0 Å². The van der Waals surface area contributed by atoms with Gasteiger partial charge in [-0.15, -0.1) is 0 Å². The summed E-state index contributed by atoms with van der Waals surface area (Å²) >= 11 is 0. The number of nitrogens with one attached hydrogen (secondary N) is 1. The van der Waals surface area contributed by atoms with E-state index >= 15 is 0 Å². The first-order chi connectivity index (χ1) is 12.0. The highest BCUT2D eigenvalue weighted by atomic mass is 32.2. The highest BCUT2D eigenvalue weighted by Gasteiger charge is 2.40. The fourth-order valence-corrected chi connectivity index (χ4v) is 4.53. The molecule has 7 heteroatoms. The van der Waals surface area contributed by atoms with E-state index in [0.717, 1.165) is 5.69 Å². The number of ether oxygens (including phenoxy) is 2. The molecule has 6 nitrogen and oxygen atoms in total. The van der Waals surface area contributed by atoms with Crippen molar-refractivity contribution in [3.63, 3.8) is 0 Å². The minimum Gasteiger partial charge on any atom is -0.497 e. The van der Waals surface area contributed by atoms with Crippen LogP contribution in [0, 0.1) is 0 Å². The van der Waals surface area contributed by atoms with Gasteiger partial charge in [-0.2, -0.15) is 0 Å². The van der Waals surface area contributed by atoms with Gasteiger partial charge in [0.05, 0.1) is 30.2 Å². The van der Waals surface area contributed by atoms with Crippen molar-refractivity contribution in [3.05, 3.63) is 60.2 Å². The lowest BCUT2D eigenvalue weighted by Gasteiger charge is -2.21. The molecule has 1 aliphatic heterocycles. The van der Waals surface area contributed by atoms with Crippen LogP contribution in [0.4, 0.5) is 5.69 Å². The van der Waals surface area contributed by atoms with Crippen LogP contribution in [-0.4, -0.2) is 45.1 Å². The van der Waals surface area contributed by atoms with Crippen LogP contribution in [0.15, 0.2) is 54.6 Å². The van der Waals surface area contributed by atoms with Crippen molar-refractivity contribution < 1.29 is 22.7 Å². The predicted molar refractivity (Wildman–Crippen MR) is 94.7 cm³/mol. The van der Waals surface area contributed by atoms with Gasteiger partial charge in [0.2, 0.25) is 0 Å². The van der Waals surface area contributed by atoms with Gasteiger partial charge in [0.15, 0.2) is 9.84 Å². The van der Waals surface area contributed by atoms with Gasteiger partial charge >= 0.3 is 5.97 Å². The third-order valence-electron chi connectivity index (χ3n) is 4.01. The smallest absolute Gasteiger partial charge is 0.338 e. The number of methoxy groups -OCH3 is 1. The number of carbonyl (C=O) groups excluding carboxylic acids is 1. The third kappa shape index (κ3) is 4.30. The minimum absolute atomic E-state index is 0.0776. The quantitative estimate of drug-likeness (QED) is 0.822. The Morgan fingerprint density at radius 2 is 1.72 bits per heavy atom. The summed E-state index contributed by atoms with van der Waals surface area (Å²) in [6, 6.07) is 15.2. The standard InChI is InChI=1S/C18H19NO5S/c1-23-15-9-7-14(8-10-15)19-16-11-25(21,22)12-17(16)24-18(20)13-5-3-2-4-6-13/h2-10,16-17,19H,11-12H2,1H3/t16-,17+/m1/s1. The van der Waals surface area contributed by atoms with Crippen molar-refractivity contribution in [1.29, 1.82) is 0 Å². The molecule has 1 fully saturated rings. The van der Waals surface area contributed by atoms with E-state index < -0.39 is 28.0 Å². The average Bonchev–Trinajstić information content (AvgIpc) is 2.89. The van der Waals surface area contributed by atoms with Crippen LogP contribution in [0.5, 0.6) is 5.75 Å². The zero-order valence-electron chi connectivity index (χ0n) is 13.7. The van der Waals surface area contributed by atoms with Gasteiger partial charge in [-0.3, -0.25) is 0 Å². The van der Waals surface area contributed by atoms with E-state index in [1.807, 2.05) is 0 Å². The fourth-order valence-electron chi connectivity index (χ4n) is 2.75. The SMILES string of the molecule is COc1ccc(N[C@@H]2CS(=O)(=O)C[C@@H]2OC(=O)c2ccccc2)cc1. The molecular weight excluding hydrogens is 342 g/mol. The molecular formula is C18H19NO5S.